The first-order chi connectivity index (χ1) is 10.8. The van der Waals surface area contributed by atoms with Crippen LogP contribution in [0.15, 0.2) is 36.8 Å². The molecule has 4 heterocycles. The summed E-state index contributed by atoms with van der Waals surface area (Å²) >= 11 is 0. The average Bonchev–Trinajstić information content (AvgIpc) is 2.59. The summed E-state index contributed by atoms with van der Waals surface area (Å²) in [5.74, 6) is 0.641. The fourth-order valence-electron chi connectivity index (χ4n) is 2.79. The Kier molecular flexibility index (Phi) is 2.90. The van der Waals surface area contributed by atoms with Crippen LogP contribution in [0.2, 0.25) is 0 Å². The predicted molar refractivity (Wildman–Crippen MR) is 81.0 cm³/mol. The first-order valence-corrected chi connectivity index (χ1v) is 7.05. The number of pyridine rings is 2. The Morgan fingerprint density at radius 2 is 2.05 bits per heavy atom. The highest BCUT2D eigenvalue weighted by atomic mass is 15.2. The van der Waals surface area contributed by atoms with Crippen molar-refractivity contribution in [3.63, 3.8) is 0 Å². The number of hydrogen-bond acceptors (Lipinski definition) is 6. The van der Waals surface area contributed by atoms with Gasteiger partial charge in [0.2, 0.25) is 0 Å². The number of nitriles is 1. The molecule has 0 radical (unpaired) electrons. The molecule has 1 aliphatic rings. The van der Waals surface area contributed by atoms with Crippen molar-refractivity contribution in [2.45, 2.75) is 13.0 Å². The zero-order valence-electron chi connectivity index (χ0n) is 11.8. The van der Waals surface area contributed by atoms with E-state index in [4.69, 9.17) is 0 Å². The maximum Gasteiger partial charge on any atom is 0.183 e. The molecule has 1 aliphatic heterocycles. The molecule has 3 aromatic rings. The molecule has 6 heteroatoms. The van der Waals surface area contributed by atoms with Crippen LogP contribution >= 0.6 is 0 Å². The van der Waals surface area contributed by atoms with E-state index in [-0.39, 0.29) is 0 Å². The van der Waals surface area contributed by atoms with Gasteiger partial charge in [-0.3, -0.25) is 0 Å². The molecule has 0 aromatic carbocycles. The van der Waals surface area contributed by atoms with Gasteiger partial charge in [0.25, 0.3) is 0 Å². The van der Waals surface area contributed by atoms with Gasteiger partial charge in [-0.25, -0.2) is 19.9 Å². The molecule has 0 saturated heterocycles. The second-order valence-corrected chi connectivity index (χ2v) is 5.16. The van der Waals surface area contributed by atoms with Crippen LogP contribution in [0.25, 0.3) is 11.0 Å². The molecule has 22 heavy (non-hydrogen) atoms. The van der Waals surface area contributed by atoms with E-state index in [2.05, 4.69) is 37.0 Å². The number of nitrogens with zero attached hydrogens (tertiary/aromatic N) is 6. The summed E-state index contributed by atoms with van der Waals surface area (Å²) in [7, 11) is 0. The van der Waals surface area contributed by atoms with Crippen LogP contribution in [0.5, 0.6) is 0 Å². The van der Waals surface area contributed by atoms with E-state index in [1.165, 1.54) is 0 Å². The van der Waals surface area contributed by atoms with Gasteiger partial charge >= 0.3 is 0 Å². The van der Waals surface area contributed by atoms with Crippen LogP contribution in [-0.4, -0.2) is 26.5 Å². The molecule has 0 N–H and O–H groups in total. The van der Waals surface area contributed by atoms with Crippen molar-refractivity contribution in [3.05, 3.63) is 53.7 Å². The van der Waals surface area contributed by atoms with Crippen LogP contribution < -0.4 is 4.90 Å². The third-order valence-electron chi connectivity index (χ3n) is 3.82. The lowest BCUT2D eigenvalue weighted by atomic mass is 10.0. The lowest BCUT2D eigenvalue weighted by Gasteiger charge is -2.29. The highest BCUT2D eigenvalue weighted by molar-refractivity contribution is 5.75. The Balaban J connectivity index is 1.75. The van der Waals surface area contributed by atoms with Gasteiger partial charge in [0, 0.05) is 49.2 Å². The van der Waals surface area contributed by atoms with Gasteiger partial charge in [0.05, 0.1) is 0 Å². The quantitative estimate of drug-likeness (QED) is 0.680. The standard InChI is InChI=1S/C16H12N6/c17-9-14-16(20-6-5-18-14)22-7-3-13-12(10-22)8-11-2-1-4-19-15(11)21-13/h1-2,4-6,8H,3,7,10H2. The molecule has 4 rings (SSSR count). The monoisotopic (exact) mass is 288 g/mol. The fourth-order valence-corrected chi connectivity index (χ4v) is 2.79. The second kappa shape index (κ2) is 5.04. The van der Waals surface area contributed by atoms with Crippen molar-refractivity contribution in [2.24, 2.45) is 0 Å². The van der Waals surface area contributed by atoms with Gasteiger partial charge in [-0.2, -0.15) is 5.26 Å². The average molecular weight is 288 g/mol. The minimum absolute atomic E-state index is 0.362. The summed E-state index contributed by atoms with van der Waals surface area (Å²) in [5.41, 5.74) is 3.37. The van der Waals surface area contributed by atoms with Gasteiger partial charge in [0.15, 0.2) is 17.2 Å². The molecule has 0 spiro atoms. The summed E-state index contributed by atoms with van der Waals surface area (Å²) in [6.07, 6.45) is 5.73. The predicted octanol–water partition coefficient (Wildman–Crippen LogP) is 1.85. The largest absolute Gasteiger partial charge is 0.349 e. The summed E-state index contributed by atoms with van der Waals surface area (Å²) in [6.45, 7) is 1.45. The Bertz CT molecular complexity index is 899. The molecule has 106 valence electrons. The van der Waals surface area contributed by atoms with E-state index < -0.39 is 0 Å². The summed E-state index contributed by atoms with van der Waals surface area (Å²) < 4.78 is 0. The number of aromatic nitrogens is 4. The molecule has 3 aromatic heterocycles. The molecule has 0 aliphatic carbocycles. The van der Waals surface area contributed by atoms with Crippen LogP contribution in [0.4, 0.5) is 5.82 Å². The highest BCUT2D eigenvalue weighted by Gasteiger charge is 2.21. The minimum atomic E-state index is 0.362. The Morgan fingerprint density at radius 3 is 2.95 bits per heavy atom. The molecular weight excluding hydrogens is 276 g/mol. The number of fused-ring (bicyclic) bond motifs is 2. The topological polar surface area (TPSA) is 78.6 Å². The zero-order valence-corrected chi connectivity index (χ0v) is 11.8. The summed E-state index contributed by atoms with van der Waals surface area (Å²) in [4.78, 5) is 19.4. The summed E-state index contributed by atoms with van der Waals surface area (Å²) in [5, 5.41) is 10.2. The molecule has 0 bridgehead atoms. The van der Waals surface area contributed by atoms with Crippen molar-refractivity contribution < 1.29 is 0 Å². The maximum absolute atomic E-state index is 9.19. The minimum Gasteiger partial charge on any atom is -0.349 e. The normalized spacial score (nSPS) is 13.7. The first-order valence-electron chi connectivity index (χ1n) is 7.05. The number of hydrogen-bond donors (Lipinski definition) is 0. The van der Waals surface area contributed by atoms with Crippen LogP contribution in [0.3, 0.4) is 0 Å². The second-order valence-electron chi connectivity index (χ2n) is 5.16. The van der Waals surface area contributed by atoms with E-state index in [0.717, 1.165) is 35.3 Å². The Labute approximate surface area is 127 Å². The van der Waals surface area contributed by atoms with E-state index in [1.54, 1.807) is 18.6 Å². The molecule has 0 amide bonds. The molecule has 0 saturated carbocycles. The molecule has 0 fully saturated rings. The van der Waals surface area contributed by atoms with Crippen molar-refractivity contribution >= 4 is 16.9 Å². The SMILES string of the molecule is N#Cc1nccnc1N1CCc2nc3ncccc3cc2C1. The van der Waals surface area contributed by atoms with E-state index in [0.29, 0.717) is 18.1 Å². The zero-order chi connectivity index (χ0) is 14.9. The lowest BCUT2D eigenvalue weighted by molar-refractivity contribution is 0.702. The van der Waals surface area contributed by atoms with Gasteiger partial charge in [-0.1, -0.05) is 0 Å². The van der Waals surface area contributed by atoms with Crippen molar-refractivity contribution in [1.82, 2.24) is 19.9 Å². The number of anilines is 1. The van der Waals surface area contributed by atoms with E-state index >= 15 is 0 Å². The first kappa shape index (κ1) is 12.7. The van der Waals surface area contributed by atoms with Crippen LogP contribution in [0.1, 0.15) is 17.0 Å². The van der Waals surface area contributed by atoms with E-state index in [1.807, 2.05) is 12.1 Å². The maximum atomic E-state index is 9.19. The molecule has 0 unspecified atom stereocenters. The van der Waals surface area contributed by atoms with Crippen molar-refractivity contribution in [1.29, 1.82) is 5.26 Å². The van der Waals surface area contributed by atoms with Gasteiger partial charge in [0.1, 0.15) is 6.07 Å². The molecule has 0 atom stereocenters. The van der Waals surface area contributed by atoms with Gasteiger partial charge in [-0.15, -0.1) is 0 Å². The lowest BCUT2D eigenvalue weighted by Crippen LogP contribution is -2.32. The molecule has 6 nitrogen and oxygen atoms in total. The van der Waals surface area contributed by atoms with Crippen LogP contribution in [0, 0.1) is 11.3 Å². The third-order valence-corrected chi connectivity index (χ3v) is 3.82. The highest BCUT2D eigenvalue weighted by Crippen LogP contribution is 2.25. The Hall–Kier alpha value is -3.07. The Morgan fingerprint density at radius 1 is 1.14 bits per heavy atom. The fraction of sp³-hybridized carbons (Fsp3) is 0.188. The summed E-state index contributed by atoms with van der Waals surface area (Å²) in [6, 6.07) is 8.15. The molecular formula is C16H12N6. The smallest absolute Gasteiger partial charge is 0.183 e. The van der Waals surface area contributed by atoms with Crippen molar-refractivity contribution in [3.8, 4) is 6.07 Å². The van der Waals surface area contributed by atoms with Gasteiger partial charge in [-0.05, 0) is 23.8 Å². The van der Waals surface area contributed by atoms with E-state index in [9.17, 15) is 5.26 Å². The van der Waals surface area contributed by atoms with Crippen LogP contribution in [-0.2, 0) is 13.0 Å². The third kappa shape index (κ3) is 2.04. The van der Waals surface area contributed by atoms with Crippen molar-refractivity contribution in [2.75, 3.05) is 11.4 Å². The number of rotatable bonds is 1. The van der Waals surface area contributed by atoms with Gasteiger partial charge < -0.3 is 4.90 Å².